The molecule has 3 heterocycles. The number of unbranched alkanes of at least 4 members (excludes halogenated alkanes) is 1. The third-order valence-corrected chi connectivity index (χ3v) is 8.31. The normalized spacial score (nSPS) is 16.3. The minimum absolute atomic E-state index is 0.173. The van der Waals surface area contributed by atoms with Gasteiger partial charge in [0.05, 0.1) is 11.3 Å². The molecule has 1 saturated heterocycles. The van der Waals surface area contributed by atoms with E-state index in [0.717, 1.165) is 92.9 Å². The lowest BCUT2D eigenvalue weighted by Gasteiger charge is -2.35. The lowest BCUT2D eigenvalue weighted by molar-refractivity contribution is 0.238. The Morgan fingerprint density at radius 3 is 2.71 bits per heavy atom. The monoisotopic (exact) mass is 489 g/mol. The van der Waals surface area contributed by atoms with Gasteiger partial charge in [-0.25, -0.2) is 4.79 Å². The average Bonchev–Trinajstić information content (AvgIpc) is 3.54. The van der Waals surface area contributed by atoms with Crippen molar-refractivity contribution >= 4 is 38.4 Å². The van der Waals surface area contributed by atoms with Gasteiger partial charge in [-0.2, -0.15) is 4.37 Å². The number of benzene rings is 2. The van der Waals surface area contributed by atoms with Gasteiger partial charge in [-0.1, -0.05) is 12.1 Å². The molecule has 0 atom stereocenters. The lowest BCUT2D eigenvalue weighted by Crippen LogP contribution is -2.46. The minimum Gasteiger partial charge on any atom is -0.493 e. The van der Waals surface area contributed by atoms with E-state index < -0.39 is 0 Å². The van der Waals surface area contributed by atoms with Gasteiger partial charge < -0.3 is 14.1 Å². The maximum Gasteiger partial charge on any atom is 0.339 e. The molecule has 6 nitrogen and oxygen atoms in total. The van der Waals surface area contributed by atoms with Gasteiger partial charge in [0, 0.05) is 48.1 Å². The van der Waals surface area contributed by atoms with Gasteiger partial charge in [-0.3, -0.25) is 4.90 Å². The summed E-state index contributed by atoms with van der Waals surface area (Å²) in [6, 6.07) is 12.6. The molecule has 2 aliphatic rings. The van der Waals surface area contributed by atoms with Crippen molar-refractivity contribution in [2.75, 3.05) is 44.2 Å². The molecule has 1 fully saturated rings. The van der Waals surface area contributed by atoms with Crippen molar-refractivity contribution in [3.05, 3.63) is 63.5 Å². The fraction of sp³-hybridized carbons (Fsp3) is 0.429. The summed E-state index contributed by atoms with van der Waals surface area (Å²) in [7, 11) is 0. The molecule has 0 amide bonds. The molecule has 2 aromatic carbocycles. The van der Waals surface area contributed by atoms with Crippen molar-refractivity contribution in [1.29, 1.82) is 0 Å². The van der Waals surface area contributed by atoms with Crippen LogP contribution in [-0.2, 0) is 12.8 Å². The predicted molar refractivity (Wildman–Crippen MR) is 142 cm³/mol. The van der Waals surface area contributed by atoms with Crippen molar-refractivity contribution < 1.29 is 9.15 Å². The SMILES string of the molecule is Cc1c(OCCCCN2CCN(c3nsc4ccccc34)CC2)ccc2c3c(c(=O)oc12)CCC3. The Labute approximate surface area is 209 Å². The van der Waals surface area contributed by atoms with Crippen LogP contribution in [0.3, 0.4) is 0 Å². The van der Waals surface area contributed by atoms with Crippen molar-refractivity contribution in [2.24, 2.45) is 0 Å². The van der Waals surface area contributed by atoms with Crippen LogP contribution < -0.4 is 15.3 Å². The summed E-state index contributed by atoms with van der Waals surface area (Å²) in [6.45, 7) is 7.94. The van der Waals surface area contributed by atoms with Crippen LogP contribution >= 0.6 is 11.5 Å². The fourth-order valence-corrected chi connectivity index (χ4v) is 6.32. The maximum atomic E-state index is 12.4. The zero-order valence-corrected chi connectivity index (χ0v) is 21.0. The quantitative estimate of drug-likeness (QED) is 0.263. The van der Waals surface area contributed by atoms with Crippen LogP contribution in [0.15, 0.2) is 45.6 Å². The fourth-order valence-electron chi connectivity index (χ4n) is 5.52. The summed E-state index contributed by atoms with van der Waals surface area (Å²) >= 11 is 1.59. The first kappa shape index (κ1) is 22.6. The van der Waals surface area contributed by atoms with Crippen molar-refractivity contribution in [3.8, 4) is 5.75 Å². The second-order valence-electron chi connectivity index (χ2n) is 9.65. The molecule has 1 aliphatic carbocycles. The standard InChI is InChI=1S/C28H31N3O3S/c1-19-24(12-11-21-20-8-6-9-22(20)28(32)34-26(19)21)33-18-5-4-13-30-14-16-31(17-15-30)27-23-7-2-3-10-25(23)35-29-27/h2-3,7,10-12H,4-6,8-9,13-18H2,1H3. The molecule has 6 rings (SSSR count). The number of fused-ring (bicyclic) bond motifs is 4. The highest BCUT2D eigenvalue weighted by atomic mass is 32.1. The number of rotatable bonds is 7. The highest BCUT2D eigenvalue weighted by Crippen LogP contribution is 2.33. The molecule has 4 aromatic rings. The van der Waals surface area contributed by atoms with Crippen molar-refractivity contribution in [1.82, 2.24) is 9.27 Å². The van der Waals surface area contributed by atoms with E-state index in [0.29, 0.717) is 12.2 Å². The molecule has 0 spiro atoms. The molecule has 0 N–H and O–H groups in total. The first-order valence-electron chi connectivity index (χ1n) is 12.7. The number of piperazine rings is 1. The highest BCUT2D eigenvalue weighted by molar-refractivity contribution is 7.13. The average molecular weight is 490 g/mol. The summed E-state index contributed by atoms with van der Waals surface area (Å²) in [5.74, 6) is 1.97. The van der Waals surface area contributed by atoms with Crippen LogP contribution in [0.1, 0.15) is 36.0 Å². The number of anilines is 1. The van der Waals surface area contributed by atoms with Gasteiger partial charge >= 0.3 is 5.63 Å². The summed E-state index contributed by atoms with van der Waals surface area (Å²) < 4.78 is 17.8. The summed E-state index contributed by atoms with van der Waals surface area (Å²) in [5, 5.41) is 2.35. The van der Waals surface area contributed by atoms with Crippen LogP contribution in [-0.4, -0.2) is 48.6 Å². The molecular formula is C28H31N3O3S. The van der Waals surface area contributed by atoms with E-state index in [9.17, 15) is 4.79 Å². The first-order valence-corrected chi connectivity index (χ1v) is 13.5. The van der Waals surface area contributed by atoms with Gasteiger partial charge in [0.15, 0.2) is 0 Å². The summed E-state index contributed by atoms with van der Waals surface area (Å²) in [5.41, 5.74) is 3.49. The number of nitrogens with zero attached hydrogens (tertiary/aromatic N) is 3. The maximum absolute atomic E-state index is 12.4. The van der Waals surface area contributed by atoms with Gasteiger partial charge in [0.25, 0.3) is 0 Å². The van der Waals surface area contributed by atoms with E-state index in [-0.39, 0.29) is 5.63 Å². The van der Waals surface area contributed by atoms with Gasteiger partial charge in [0.1, 0.15) is 17.2 Å². The Hall–Kier alpha value is -2.90. The zero-order chi connectivity index (χ0) is 23.8. The molecule has 0 saturated carbocycles. The van der Waals surface area contributed by atoms with Crippen LogP contribution in [0.25, 0.3) is 21.1 Å². The smallest absolute Gasteiger partial charge is 0.339 e. The van der Waals surface area contributed by atoms with Crippen LogP contribution in [0.4, 0.5) is 5.82 Å². The number of aryl methyl sites for hydroxylation is 2. The molecule has 0 bridgehead atoms. The van der Waals surface area contributed by atoms with E-state index in [4.69, 9.17) is 13.5 Å². The number of ether oxygens (including phenoxy) is 1. The topological polar surface area (TPSA) is 58.8 Å². The molecule has 2 aromatic heterocycles. The first-order chi connectivity index (χ1) is 17.2. The largest absolute Gasteiger partial charge is 0.493 e. The van der Waals surface area contributed by atoms with E-state index in [1.54, 1.807) is 11.5 Å². The summed E-state index contributed by atoms with van der Waals surface area (Å²) in [6.07, 6.45) is 4.94. The predicted octanol–water partition coefficient (Wildman–Crippen LogP) is 5.18. The van der Waals surface area contributed by atoms with Crippen LogP contribution in [0.2, 0.25) is 0 Å². The van der Waals surface area contributed by atoms with Gasteiger partial charge in [-0.05, 0) is 86.9 Å². The zero-order valence-electron chi connectivity index (χ0n) is 20.2. The summed E-state index contributed by atoms with van der Waals surface area (Å²) in [4.78, 5) is 17.3. The Balaban J connectivity index is 0.988. The Morgan fingerprint density at radius 2 is 1.83 bits per heavy atom. The van der Waals surface area contributed by atoms with Gasteiger partial charge in [-0.15, -0.1) is 0 Å². The Morgan fingerprint density at radius 1 is 1.00 bits per heavy atom. The Bertz CT molecular complexity index is 1420. The van der Waals surface area contributed by atoms with E-state index in [1.165, 1.54) is 15.6 Å². The Kier molecular flexibility index (Phi) is 6.20. The lowest BCUT2D eigenvalue weighted by atomic mass is 10.0. The highest BCUT2D eigenvalue weighted by Gasteiger charge is 2.22. The number of aromatic nitrogens is 1. The number of hydrogen-bond acceptors (Lipinski definition) is 7. The second kappa shape index (κ2) is 9.63. The van der Waals surface area contributed by atoms with Crippen LogP contribution in [0.5, 0.6) is 5.75 Å². The van der Waals surface area contributed by atoms with E-state index >= 15 is 0 Å². The molecule has 7 heteroatoms. The molecule has 182 valence electrons. The second-order valence-corrected chi connectivity index (χ2v) is 10.5. The van der Waals surface area contributed by atoms with Gasteiger partial charge in [0.2, 0.25) is 0 Å². The van der Waals surface area contributed by atoms with E-state index in [2.05, 4.69) is 40.1 Å². The van der Waals surface area contributed by atoms with Crippen molar-refractivity contribution in [2.45, 2.75) is 39.0 Å². The molecule has 0 radical (unpaired) electrons. The molecular weight excluding hydrogens is 458 g/mol. The molecule has 35 heavy (non-hydrogen) atoms. The van der Waals surface area contributed by atoms with Crippen molar-refractivity contribution in [3.63, 3.8) is 0 Å². The minimum atomic E-state index is -0.173. The molecule has 0 unspecified atom stereocenters. The van der Waals surface area contributed by atoms with E-state index in [1.807, 2.05) is 13.0 Å². The third-order valence-electron chi connectivity index (χ3n) is 7.50. The number of hydrogen-bond donors (Lipinski definition) is 0. The third kappa shape index (κ3) is 4.32. The van der Waals surface area contributed by atoms with Crippen LogP contribution in [0, 0.1) is 6.92 Å². The molecule has 1 aliphatic heterocycles.